The van der Waals surface area contributed by atoms with E-state index in [1.807, 2.05) is 6.07 Å². The maximum absolute atomic E-state index is 12.7. The summed E-state index contributed by atoms with van der Waals surface area (Å²) in [5.74, 6) is -0.0776. The maximum Gasteiger partial charge on any atom is 0.417 e. The molecule has 2 aromatic heterocycles. The number of rotatable bonds is 4. The molecule has 6 nitrogen and oxygen atoms in total. The third kappa shape index (κ3) is 4.38. The van der Waals surface area contributed by atoms with Crippen LogP contribution in [-0.4, -0.2) is 21.8 Å². The molecule has 0 saturated carbocycles. The highest BCUT2D eigenvalue weighted by molar-refractivity contribution is 6.33. The molecular weight excluding hydrogens is 407 g/mol. The first-order valence-electron chi connectivity index (χ1n) is 8.22. The molecular formula is C19H13ClF3N5O. The molecule has 0 radical (unpaired) electrons. The third-order valence-electron chi connectivity index (χ3n) is 4.11. The first kappa shape index (κ1) is 20.4. The maximum atomic E-state index is 12.7. The molecule has 148 valence electrons. The number of hydrogen-bond acceptors (Lipinski definition) is 5. The van der Waals surface area contributed by atoms with Gasteiger partial charge in [-0.3, -0.25) is 4.79 Å². The number of aromatic nitrogens is 3. The van der Waals surface area contributed by atoms with Gasteiger partial charge in [-0.15, -0.1) is 0 Å². The van der Waals surface area contributed by atoms with Crippen LogP contribution in [0.4, 0.5) is 18.9 Å². The van der Waals surface area contributed by atoms with E-state index in [9.17, 15) is 18.0 Å². The highest BCUT2D eigenvalue weighted by Crippen LogP contribution is 2.28. The molecule has 0 fully saturated rings. The fourth-order valence-electron chi connectivity index (χ4n) is 2.58. The van der Waals surface area contributed by atoms with E-state index in [1.54, 1.807) is 36.2 Å². The van der Waals surface area contributed by atoms with Crippen molar-refractivity contribution < 1.29 is 13.2 Å². The van der Waals surface area contributed by atoms with Gasteiger partial charge in [-0.05, 0) is 29.8 Å². The Hall–Kier alpha value is -3.38. The summed E-state index contributed by atoms with van der Waals surface area (Å²) in [7, 11) is 1.71. The minimum atomic E-state index is -4.53. The lowest BCUT2D eigenvalue weighted by atomic mass is 10.1. The van der Waals surface area contributed by atoms with Gasteiger partial charge in [-0.25, -0.2) is 4.98 Å². The number of hydrogen-bond donors (Lipinski definition) is 0. The molecule has 0 aliphatic rings. The van der Waals surface area contributed by atoms with Crippen molar-refractivity contribution in [3.63, 3.8) is 0 Å². The van der Waals surface area contributed by atoms with E-state index in [-0.39, 0.29) is 10.8 Å². The smallest absolute Gasteiger partial charge is 0.368 e. The van der Waals surface area contributed by atoms with Gasteiger partial charge in [-0.1, -0.05) is 23.7 Å². The Morgan fingerprint density at radius 1 is 1.17 bits per heavy atom. The zero-order valence-corrected chi connectivity index (χ0v) is 15.7. The molecule has 0 atom stereocenters. The van der Waals surface area contributed by atoms with Gasteiger partial charge in [0.2, 0.25) is 0 Å². The van der Waals surface area contributed by atoms with Crippen LogP contribution in [0.25, 0.3) is 5.82 Å². The number of nitrogens with zero attached hydrogens (tertiary/aromatic N) is 5. The highest BCUT2D eigenvalue weighted by atomic mass is 35.5. The lowest BCUT2D eigenvalue weighted by Crippen LogP contribution is -2.26. The summed E-state index contributed by atoms with van der Waals surface area (Å²) < 4.78 is 38.8. The standard InChI is InChI=1S/C19H13ClF3N5O/c1-27(11-13-4-2-12(8-24)3-5-13)15-10-26-28(18(29)17(15)20)16-7-6-14(9-25-16)19(21,22)23/h2-7,9-10H,11H2,1H3. The van der Waals surface area contributed by atoms with Crippen molar-refractivity contribution in [2.24, 2.45) is 0 Å². The second kappa shape index (κ2) is 7.93. The molecule has 0 saturated heterocycles. The third-order valence-corrected chi connectivity index (χ3v) is 4.46. The normalized spacial score (nSPS) is 11.2. The van der Waals surface area contributed by atoms with Crippen LogP contribution in [0.5, 0.6) is 0 Å². The van der Waals surface area contributed by atoms with Gasteiger partial charge in [0.05, 0.1) is 29.1 Å². The Balaban J connectivity index is 1.87. The number of anilines is 1. The zero-order valence-electron chi connectivity index (χ0n) is 15.0. The van der Waals surface area contributed by atoms with Gasteiger partial charge in [0.15, 0.2) is 5.82 Å². The Kier molecular flexibility index (Phi) is 5.57. The van der Waals surface area contributed by atoms with Crippen molar-refractivity contribution in [3.05, 3.63) is 80.9 Å². The zero-order chi connectivity index (χ0) is 21.2. The van der Waals surface area contributed by atoms with Crippen LogP contribution in [0.3, 0.4) is 0 Å². The molecule has 1 aromatic carbocycles. The van der Waals surface area contributed by atoms with Crippen LogP contribution < -0.4 is 10.5 Å². The molecule has 2 heterocycles. The molecule has 0 aliphatic heterocycles. The summed E-state index contributed by atoms with van der Waals surface area (Å²) >= 11 is 6.20. The van der Waals surface area contributed by atoms with Crippen molar-refractivity contribution in [2.75, 3.05) is 11.9 Å². The average molecular weight is 420 g/mol. The van der Waals surface area contributed by atoms with Crippen molar-refractivity contribution >= 4 is 17.3 Å². The number of alkyl halides is 3. The monoisotopic (exact) mass is 419 g/mol. The Morgan fingerprint density at radius 3 is 2.41 bits per heavy atom. The average Bonchev–Trinajstić information content (AvgIpc) is 2.70. The molecule has 0 aliphatic carbocycles. The number of nitriles is 1. The lowest BCUT2D eigenvalue weighted by molar-refractivity contribution is -0.137. The van der Waals surface area contributed by atoms with Crippen LogP contribution in [0.2, 0.25) is 5.02 Å². The van der Waals surface area contributed by atoms with Gasteiger partial charge in [-0.2, -0.15) is 28.2 Å². The van der Waals surface area contributed by atoms with E-state index < -0.39 is 17.3 Å². The Bertz CT molecular complexity index is 1120. The molecule has 3 rings (SSSR count). The second-order valence-electron chi connectivity index (χ2n) is 6.13. The molecule has 0 bridgehead atoms. The molecule has 0 unspecified atom stereocenters. The largest absolute Gasteiger partial charge is 0.417 e. The van der Waals surface area contributed by atoms with E-state index in [0.717, 1.165) is 22.4 Å². The summed E-state index contributed by atoms with van der Waals surface area (Å²) in [6.45, 7) is 0.398. The van der Waals surface area contributed by atoms with E-state index in [0.29, 0.717) is 24.0 Å². The molecule has 3 aromatic rings. The molecule has 29 heavy (non-hydrogen) atoms. The molecule has 0 spiro atoms. The number of benzene rings is 1. The van der Waals surface area contributed by atoms with Crippen LogP contribution in [-0.2, 0) is 12.7 Å². The van der Waals surface area contributed by atoms with Gasteiger partial charge >= 0.3 is 6.18 Å². The Labute approximate surface area is 168 Å². The predicted molar refractivity (Wildman–Crippen MR) is 101 cm³/mol. The van der Waals surface area contributed by atoms with E-state index in [2.05, 4.69) is 10.1 Å². The first-order chi connectivity index (χ1) is 13.7. The van der Waals surface area contributed by atoms with Crippen LogP contribution in [0.15, 0.2) is 53.6 Å². The number of pyridine rings is 1. The molecule has 0 amide bonds. The van der Waals surface area contributed by atoms with E-state index in [1.165, 1.54) is 6.20 Å². The number of halogens is 4. The van der Waals surface area contributed by atoms with E-state index >= 15 is 0 Å². The molecule has 10 heteroatoms. The van der Waals surface area contributed by atoms with E-state index in [4.69, 9.17) is 16.9 Å². The Morgan fingerprint density at radius 2 is 1.86 bits per heavy atom. The van der Waals surface area contributed by atoms with Crippen LogP contribution in [0, 0.1) is 11.3 Å². The van der Waals surface area contributed by atoms with Crippen LogP contribution >= 0.6 is 11.6 Å². The SMILES string of the molecule is CN(Cc1ccc(C#N)cc1)c1cnn(-c2ccc(C(F)(F)F)cn2)c(=O)c1Cl. The summed E-state index contributed by atoms with van der Waals surface area (Å²) in [6.07, 6.45) is -2.56. The van der Waals surface area contributed by atoms with Crippen molar-refractivity contribution in [1.29, 1.82) is 5.26 Å². The topological polar surface area (TPSA) is 74.8 Å². The van der Waals surface area contributed by atoms with Crippen molar-refractivity contribution in [2.45, 2.75) is 12.7 Å². The summed E-state index contributed by atoms with van der Waals surface area (Å²) in [6, 6.07) is 10.8. The quantitative estimate of drug-likeness (QED) is 0.643. The predicted octanol–water partition coefficient (Wildman–Crippen LogP) is 3.81. The highest BCUT2D eigenvalue weighted by Gasteiger charge is 2.30. The lowest BCUT2D eigenvalue weighted by Gasteiger charge is -2.20. The first-order valence-corrected chi connectivity index (χ1v) is 8.60. The van der Waals surface area contributed by atoms with Crippen LogP contribution in [0.1, 0.15) is 16.7 Å². The van der Waals surface area contributed by atoms with Crippen molar-refractivity contribution in [3.8, 4) is 11.9 Å². The second-order valence-corrected chi connectivity index (χ2v) is 6.51. The minimum Gasteiger partial charge on any atom is -0.368 e. The summed E-state index contributed by atoms with van der Waals surface area (Å²) in [4.78, 5) is 17.9. The van der Waals surface area contributed by atoms with Gasteiger partial charge in [0.25, 0.3) is 5.56 Å². The van der Waals surface area contributed by atoms with Gasteiger partial charge in [0.1, 0.15) is 5.02 Å². The fraction of sp³-hybridized carbons (Fsp3) is 0.158. The molecule has 0 N–H and O–H groups in total. The minimum absolute atomic E-state index is 0.0776. The van der Waals surface area contributed by atoms with Gasteiger partial charge in [0, 0.05) is 19.8 Å². The fourth-order valence-corrected chi connectivity index (χ4v) is 2.85. The summed E-state index contributed by atoms with van der Waals surface area (Å²) in [5.41, 5.74) is 0.130. The van der Waals surface area contributed by atoms with Crippen molar-refractivity contribution in [1.82, 2.24) is 14.8 Å². The van der Waals surface area contributed by atoms with Gasteiger partial charge < -0.3 is 4.90 Å². The summed E-state index contributed by atoms with van der Waals surface area (Å²) in [5, 5.41) is 12.7.